The lowest BCUT2D eigenvalue weighted by Crippen LogP contribution is -2.46. The smallest absolute Gasteiger partial charge is 0.198 e. The molecule has 6 nitrogen and oxygen atoms in total. The Labute approximate surface area is 198 Å². The number of hydrogen-bond donors (Lipinski definition) is 1. The van der Waals surface area contributed by atoms with Crippen molar-refractivity contribution in [2.75, 3.05) is 57.9 Å². The van der Waals surface area contributed by atoms with Crippen molar-refractivity contribution >= 4 is 58.9 Å². The first-order chi connectivity index (χ1) is 15.1. The minimum absolute atomic E-state index is 0.425. The van der Waals surface area contributed by atoms with E-state index in [1.165, 1.54) is 5.30 Å². The SMILES string of the molecule is S=C(N=P(c1ccccc1)(N1CCOCC1)N1CCOCC1)Nc1ccc(Cl)c(Cl)c1. The largest absolute Gasteiger partial charge is 0.379 e. The van der Waals surface area contributed by atoms with E-state index in [-0.39, 0.29) is 0 Å². The first-order valence-electron chi connectivity index (χ1n) is 10.2. The van der Waals surface area contributed by atoms with Gasteiger partial charge in [-0.3, -0.25) is 0 Å². The molecule has 0 saturated carbocycles. The number of hydrogen-bond acceptors (Lipinski definition) is 3. The average Bonchev–Trinajstić information content (AvgIpc) is 2.82. The zero-order valence-electron chi connectivity index (χ0n) is 17.0. The van der Waals surface area contributed by atoms with Gasteiger partial charge in [-0.15, -0.1) is 0 Å². The van der Waals surface area contributed by atoms with Gasteiger partial charge in [-0.2, -0.15) is 0 Å². The molecule has 2 aromatic rings. The first kappa shape index (κ1) is 23.1. The van der Waals surface area contributed by atoms with Gasteiger partial charge >= 0.3 is 0 Å². The third-order valence-electron chi connectivity index (χ3n) is 5.27. The maximum absolute atomic E-state index is 6.19. The van der Waals surface area contributed by atoms with Crippen LogP contribution in [0.3, 0.4) is 0 Å². The van der Waals surface area contributed by atoms with E-state index < -0.39 is 7.36 Å². The minimum atomic E-state index is -2.34. The second kappa shape index (κ2) is 10.7. The van der Waals surface area contributed by atoms with Gasteiger partial charge in [0.2, 0.25) is 0 Å². The van der Waals surface area contributed by atoms with Gasteiger partial charge in [-0.25, -0.2) is 14.1 Å². The normalized spacial score (nSPS) is 18.5. The van der Waals surface area contributed by atoms with Gasteiger partial charge in [-0.05, 0) is 30.4 Å². The number of benzene rings is 2. The number of morpholine rings is 2. The molecule has 31 heavy (non-hydrogen) atoms. The number of halogens is 2. The molecule has 1 N–H and O–H groups in total. The molecule has 0 amide bonds. The van der Waals surface area contributed by atoms with Gasteiger partial charge in [0.15, 0.2) is 5.11 Å². The van der Waals surface area contributed by atoms with E-state index in [1.54, 1.807) is 12.1 Å². The monoisotopic (exact) mass is 498 g/mol. The Bertz CT molecular complexity index is 945. The average molecular weight is 499 g/mol. The van der Waals surface area contributed by atoms with Crippen molar-refractivity contribution in [2.45, 2.75) is 0 Å². The van der Waals surface area contributed by atoms with Crippen LogP contribution in [0.15, 0.2) is 53.3 Å². The number of nitrogens with zero attached hydrogens (tertiary/aromatic N) is 3. The molecule has 4 rings (SSSR count). The maximum atomic E-state index is 6.19. The molecule has 166 valence electrons. The molecule has 0 spiro atoms. The van der Waals surface area contributed by atoms with Gasteiger partial charge in [-0.1, -0.05) is 53.5 Å². The molecule has 2 fully saturated rings. The summed E-state index contributed by atoms with van der Waals surface area (Å²) in [4.78, 5) is 0. The van der Waals surface area contributed by atoms with E-state index in [1.807, 2.05) is 12.1 Å². The Morgan fingerprint density at radius 1 is 0.871 bits per heavy atom. The zero-order chi connectivity index (χ0) is 21.7. The second-order valence-electron chi connectivity index (χ2n) is 7.19. The number of rotatable bonds is 4. The number of ether oxygens (including phenoxy) is 2. The quantitative estimate of drug-likeness (QED) is 0.486. The second-order valence-corrected chi connectivity index (χ2v) is 11.4. The van der Waals surface area contributed by atoms with Crippen LogP contribution in [0.2, 0.25) is 10.0 Å². The molecule has 0 radical (unpaired) electrons. The Kier molecular flexibility index (Phi) is 8.01. The van der Waals surface area contributed by atoms with E-state index >= 15 is 0 Å². The van der Waals surface area contributed by atoms with Crippen molar-refractivity contribution in [3.05, 3.63) is 58.6 Å². The Morgan fingerprint density at radius 3 is 2.00 bits per heavy atom. The summed E-state index contributed by atoms with van der Waals surface area (Å²) in [6, 6.07) is 15.8. The van der Waals surface area contributed by atoms with E-state index in [0.717, 1.165) is 31.9 Å². The molecule has 2 aliphatic heterocycles. The van der Waals surface area contributed by atoms with Gasteiger partial charge in [0, 0.05) is 37.2 Å². The fourth-order valence-electron chi connectivity index (χ4n) is 3.83. The van der Waals surface area contributed by atoms with Crippen LogP contribution < -0.4 is 10.6 Å². The lowest BCUT2D eigenvalue weighted by atomic mass is 10.3. The Hall–Kier alpha value is -1.02. The molecule has 0 atom stereocenters. The van der Waals surface area contributed by atoms with Crippen LogP contribution in [-0.2, 0) is 9.47 Å². The summed E-state index contributed by atoms with van der Waals surface area (Å²) in [5.41, 5.74) is 0.762. The third-order valence-corrected chi connectivity index (χ3v) is 10.2. The summed E-state index contributed by atoms with van der Waals surface area (Å²) in [5.74, 6) is 0. The highest BCUT2D eigenvalue weighted by Gasteiger charge is 2.38. The van der Waals surface area contributed by atoms with Crippen LogP contribution in [-0.4, -0.2) is 67.1 Å². The minimum Gasteiger partial charge on any atom is -0.379 e. The van der Waals surface area contributed by atoms with Crippen LogP contribution in [0.5, 0.6) is 0 Å². The molecule has 0 aromatic heterocycles. The molecule has 2 saturated heterocycles. The lowest BCUT2D eigenvalue weighted by Gasteiger charge is -2.46. The van der Waals surface area contributed by atoms with Crippen molar-refractivity contribution in [1.29, 1.82) is 0 Å². The number of anilines is 1. The molecule has 0 unspecified atom stereocenters. The predicted molar refractivity (Wildman–Crippen MR) is 133 cm³/mol. The molecular formula is C21H25Cl2N4O2PS. The fourth-order valence-corrected chi connectivity index (χ4v) is 8.29. The third kappa shape index (κ3) is 5.32. The van der Waals surface area contributed by atoms with Crippen LogP contribution in [0.1, 0.15) is 0 Å². The summed E-state index contributed by atoms with van der Waals surface area (Å²) in [5, 5.41) is 5.82. The summed E-state index contributed by atoms with van der Waals surface area (Å²) >= 11 is 18.0. The van der Waals surface area contributed by atoms with Crippen molar-refractivity contribution in [3.63, 3.8) is 0 Å². The molecule has 2 heterocycles. The molecule has 2 aromatic carbocycles. The van der Waals surface area contributed by atoms with Crippen molar-refractivity contribution < 1.29 is 9.47 Å². The summed E-state index contributed by atoms with van der Waals surface area (Å²) in [6.45, 7) is 5.95. The van der Waals surface area contributed by atoms with E-state index in [9.17, 15) is 0 Å². The van der Waals surface area contributed by atoms with Gasteiger partial charge in [0.1, 0.15) is 7.36 Å². The summed E-state index contributed by atoms with van der Waals surface area (Å²) in [6.07, 6.45) is 0. The molecular weight excluding hydrogens is 474 g/mol. The maximum Gasteiger partial charge on any atom is 0.198 e. The van der Waals surface area contributed by atoms with E-state index in [2.05, 4.69) is 38.9 Å². The molecule has 2 aliphatic rings. The number of thiocarbonyl (C=S) groups is 1. The van der Waals surface area contributed by atoms with E-state index in [0.29, 0.717) is 41.6 Å². The van der Waals surface area contributed by atoms with Crippen molar-refractivity contribution in [1.82, 2.24) is 9.34 Å². The Morgan fingerprint density at radius 2 is 1.45 bits per heavy atom. The van der Waals surface area contributed by atoms with Gasteiger partial charge in [0.05, 0.1) is 36.5 Å². The van der Waals surface area contributed by atoms with E-state index in [4.69, 9.17) is 49.6 Å². The first-order valence-corrected chi connectivity index (χ1v) is 13.0. The highest BCUT2D eigenvalue weighted by molar-refractivity contribution is 7.81. The predicted octanol–water partition coefficient (Wildman–Crippen LogP) is 4.71. The highest BCUT2D eigenvalue weighted by atomic mass is 35.5. The van der Waals surface area contributed by atoms with Crippen molar-refractivity contribution in [2.24, 2.45) is 4.74 Å². The van der Waals surface area contributed by atoms with Crippen LogP contribution in [0.4, 0.5) is 5.69 Å². The zero-order valence-corrected chi connectivity index (χ0v) is 20.3. The standard InChI is InChI=1S/C21H25Cl2N4O2PS/c22-19-7-6-17(16-20(19)23)24-21(31)25-30(18-4-2-1-3-5-18,26-8-12-28-13-9-26)27-10-14-29-15-11-27/h1-7,16H,8-15H2,(H,24,31). The number of nitrogens with one attached hydrogen (secondary N) is 1. The fraction of sp³-hybridized carbons (Fsp3) is 0.381. The van der Waals surface area contributed by atoms with Crippen LogP contribution in [0, 0.1) is 0 Å². The van der Waals surface area contributed by atoms with Crippen LogP contribution >= 0.6 is 42.8 Å². The summed E-state index contributed by atoms with van der Waals surface area (Å²) < 4.78 is 21.5. The Balaban J connectivity index is 1.78. The van der Waals surface area contributed by atoms with Crippen LogP contribution in [0.25, 0.3) is 0 Å². The molecule has 0 bridgehead atoms. The van der Waals surface area contributed by atoms with Gasteiger partial charge in [0.25, 0.3) is 0 Å². The lowest BCUT2D eigenvalue weighted by molar-refractivity contribution is 0.0579. The molecule has 10 heteroatoms. The van der Waals surface area contributed by atoms with Crippen molar-refractivity contribution in [3.8, 4) is 0 Å². The summed E-state index contributed by atoms with van der Waals surface area (Å²) in [7, 11) is -2.34. The highest BCUT2D eigenvalue weighted by Crippen LogP contribution is 2.56. The molecule has 0 aliphatic carbocycles. The topological polar surface area (TPSA) is 49.3 Å². The van der Waals surface area contributed by atoms with Gasteiger partial charge < -0.3 is 14.8 Å².